The van der Waals surface area contributed by atoms with Crippen LogP contribution in [-0.4, -0.2) is 35.6 Å². The Hall–Kier alpha value is -2.56. The van der Waals surface area contributed by atoms with Crippen LogP contribution in [0.1, 0.15) is 36.3 Å². The minimum absolute atomic E-state index is 0.0271. The molecule has 0 radical (unpaired) electrons. The summed E-state index contributed by atoms with van der Waals surface area (Å²) in [6.45, 7) is 1.52. The van der Waals surface area contributed by atoms with E-state index < -0.39 is 0 Å². The van der Waals surface area contributed by atoms with Crippen molar-refractivity contribution in [1.29, 1.82) is 0 Å². The molecule has 5 nitrogen and oxygen atoms in total. The summed E-state index contributed by atoms with van der Waals surface area (Å²) in [4.78, 5) is 26.3. The van der Waals surface area contributed by atoms with Crippen molar-refractivity contribution < 1.29 is 9.53 Å². The molecule has 0 unspecified atom stereocenters. The monoisotopic (exact) mass is 354 g/mol. The van der Waals surface area contributed by atoms with Crippen molar-refractivity contribution >= 4 is 5.91 Å². The maximum atomic E-state index is 12.5. The number of methoxy groups -OCH3 is 1. The van der Waals surface area contributed by atoms with E-state index in [4.69, 9.17) is 4.74 Å². The van der Waals surface area contributed by atoms with Crippen molar-refractivity contribution in [2.45, 2.75) is 31.6 Å². The number of aryl methyl sites for hydroxylation is 2. The number of hydrogen-bond acceptors (Lipinski definition) is 3. The van der Waals surface area contributed by atoms with E-state index in [2.05, 4.69) is 0 Å². The van der Waals surface area contributed by atoms with Gasteiger partial charge in [-0.1, -0.05) is 12.1 Å². The molecule has 3 rings (SSSR count). The SMILES string of the molecule is COc1cccc(CCC(=O)N2CCC(c3ccn(C)c(=O)c3)CC2)c1. The molecule has 0 N–H and O–H groups in total. The van der Waals surface area contributed by atoms with Crippen LogP contribution in [0.25, 0.3) is 0 Å². The quantitative estimate of drug-likeness (QED) is 0.830. The van der Waals surface area contributed by atoms with Gasteiger partial charge in [0.25, 0.3) is 5.56 Å². The number of nitrogens with zero attached hydrogens (tertiary/aromatic N) is 2. The fourth-order valence-corrected chi connectivity index (χ4v) is 3.52. The minimum atomic E-state index is 0.0271. The van der Waals surface area contributed by atoms with Crippen LogP contribution < -0.4 is 10.3 Å². The number of piperidine rings is 1. The Morgan fingerprint density at radius 2 is 1.96 bits per heavy atom. The topological polar surface area (TPSA) is 51.5 Å². The number of ether oxygens (including phenoxy) is 1. The predicted molar refractivity (Wildman–Crippen MR) is 102 cm³/mol. The molecule has 0 atom stereocenters. The maximum Gasteiger partial charge on any atom is 0.250 e. The predicted octanol–water partition coefficient (Wildman–Crippen LogP) is 2.73. The van der Waals surface area contributed by atoms with E-state index >= 15 is 0 Å². The van der Waals surface area contributed by atoms with Gasteiger partial charge in [0.1, 0.15) is 5.75 Å². The number of benzene rings is 1. The molecule has 1 aromatic carbocycles. The van der Waals surface area contributed by atoms with Gasteiger partial charge < -0.3 is 14.2 Å². The van der Waals surface area contributed by atoms with Crippen LogP contribution >= 0.6 is 0 Å². The van der Waals surface area contributed by atoms with Crippen molar-refractivity contribution in [2.75, 3.05) is 20.2 Å². The van der Waals surface area contributed by atoms with Crippen LogP contribution in [0.4, 0.5) is 0 Å². The molecule has 0 saturated carbocycles. The number of hydrogen-bond donors (Lipinski definition) is 0. The number of carbonyl (C=O) groups excluding carboxylic acids is 1. The van der Waals surface area contributed by atoms with Crippen LogP contribution in [0.15, 0.2) is 47.4 Å². The fourth-order valence-electron chi connectivity index (χ4n) is 3.52. The number of rotatable bonds is 5. The molecular weight excluding hydrogens is 328 g/mol. The van der Waals surface area contributed by atoms with E-state index in [0.717, 1.165) is 49.2 Å². The zero-order valence-electron chi connectivity index (χ0n) is 15.5. The van der Waals surface area contributed by atoms with Gasteiger partial charge in [0.15, 0.2) is 0 Å². The summed E-state index contributed by atoms with van der Waals surface area (Å²) in [7, 11) is 3.41. The van der Waals surface area contributed by atoms with Crippen molar-refractivity contribution in [3.8, 4) is 5.75 Å². The molecule has 0 spiro atoms. The van der Waals surface area contributed by atoms with Gasteiger partial charge in [-0.3, -0.25) is 9.59 Å². The number of pyridine rings is 1. The van der Waals surface area contributed by atoms with Crippen LogP contribution in [0.5, 0.6) is 5.75 Å². The molecule has 26 heavy (non-hydrogen) atoms. The van der Waals surface area contributed by atoms with E-state index in [1.807, 2.05) is 41.4 Å². The summed E-state index contributed by atoms with van der Waals surface area (Å²) in [5.74, 6) is 1.39. The van der Waals surface area contributed by atoms with E-state index in [-0.39, 0.29) is 11.5 Å². The van der Waals surface area contributed by atoms with Crippen molar-refractivity contribution in [2.24, 2.45) is 7.05 Å². The van der Waals surface area contributed by atoms with Crippen LogP contribution in [0.3, 0.4) is 0 Å². The molecule has 0 aliphatic carbocycles. The summed E-state index contributed by atoms with van der Waals surface area (Å²) < 4.78 is 6.81. The molecule has 2 heterocycles. The Bertz CT molecular complexity index is 820. The molecule has 2 aromatic rings. The first-order valence-electron chi connectivity index (χ1n) is 9.14. The van der Waals surface area contributed by atoms with Gasteiger partial charge in [-0.25, -0.2) is 0 Å². The molecule has 1 aliphatic heterocycles. The fraction of sp³-hybridized carbons (Fsp3) is 0.429. The lowest BCUT2D eigenvalue weighted by molar-refractivity contribution is -0.132. The third-order valence-electron chi connectivity index (χ3n) is 5.21. The van der Waals surface area contributed by atoms with Gasteiger partial charge in [-0.15, -0.1) is 0 Å². The molecule has 0 bridgehead atoms. The first-order chi connectivity index (χ1) is 12.6. The molecule has 1 aliphatic rings. The van der Waals surface area contributed by atoms with Crippen LogP contribution in [0, 0.1) is 0 Å². The lowest BCUT2D eigenvalue weighted by Gasteiger charge is -2.32. The second-order valence-electron chi connectivity index (χ2n) is 6.92. The first-order valence-corrected chi connectivity index (χ1v) is 9.14. The second kappa shape index (κ2) is 8.21. The van der Waals surface area contributed by atoms with Crippen molar-refractivity contribution in [3.63, 3.8) is 0 Å². The van der Waals surface area contributed by atoms with Gasteiger partial charge in [0, 0.05) is 38.8 Å². The maximum absolute atomic E-state index is 12.5. The lowest BCUT2D eigenvalue weighted by atomic mass is 9.90. The highest BCUT2D eigenvalue weighted by Gasteiger charge is 2.23. The van der Waals surface area contributed by atoms with Crippen molar-refractivity contribution in [1.82, 2.24) is 9.47 Å². The summed E-state index contributed by atoms with van der Waals surface area (Å²) >= 11 is 0. The summed E-state index contributed by atoms with van der Waals surface area (Å²) in [6, 6.07) is 11.6. The zero-order chi connectivity index (χ0) is 18.5. The Labute approximate surface area is 154 Å². The number of likely N-dealkylation sites (tertiary alicyclic amines) is 1. The average molecular weight is 354 g/mol. The minimum Gasteiger partial charge on any atom is -0.497 e. The molecule has 1 saturated heterocycles. The van der Waals surface area contributed by atoms with Gasteiger partial charge in [0.2, 0.25) is 5.91 Å². The Balaban J connectivity index is 1.51. The van der Waals surface area contributed by atoms with E-state index in [1.165, 1.54) is 0 Å². The Morgan fingerprint density at radius 3 is 2.65 bits per heavy atom. The standard InChI is InChI=1S/C21H26N2O3/c1-22-11-8-18(15-21(22)25)17-9-12-23(13-10-17)20(24)7-6-16-4-3-5-19(14-16)26-2/h3-5,8,11,14-15,17H,6-7,9-10,12-13H2,1-2H3. The first kappa shape index (κ1) is 18.2. The highest BCUT2D eigenvalue weighted by atomic mass is 16.5. The third kappa shape index (κ3) is 4.34. The lowest BCUT2D eigenvalue weighted by Crippen LogP contribution is -2.38. The third-order valence-corrected chi connectivity index (χ3v) is 5.21. The van der Waals surface area contributed by atoms with Gasteiger partial charge in [0.05, 0.1) is 7.11 Å². The average Bonchev–Trinajstić information content (AvgIpc) is 2.68. The second-order valence-corrected chi connectivity index (χ2v) is 6.92. The van der Waals surface area contributed by atoms with Crippen LogP contribution in [-0.2, 0) is 18.3 Å². The van der Waals surface area contributed by atoms with E-state index in [9.17, 15) is 9.59 Å². The molecule has 5 heteroatoms. The highest BCUT2D eigenvalue weighted by Crippen LogP contribution is 2.27. The molecule has 138 valence electrons. The largest absolute Gasteiger partial charge is 0.497 e. The number of amides is 1. The van der Waals surface area contributed by atoms with Gasteiger partial charge in [-0.2, -0.15) is 0 Å². The summed E-state index contributed by atoms with van der Waals surface area (Å²) in [6.07, 6.45) is 4.90. The molecule has 1 fully saturated rings. The summed E-state index contributed by atoms with van der Waals surface area (Å²) in [5, 5.41) is 0. The number of carbonyl (C=O) groups is 1. The Morgan fingerprint density at radius 1 is 1.19 bits per heavy atom. The highest BCUT2D eigenvalue weighted by molar-refractivity contribution is 5.76. The molecule has 1 aromatic heterocycles. The van der Waals surface area contributed by atoms with E-state index in [1.54, 1.807) is 24.8 Å². The number of aromatic nitrogens is 1. The van der Waals surface area contributed by atoms with Crippen molar-refractivity contribution in [3.05, 3.63) is 64.1 Å². The smallest absolute Gasteiger partial charge is 0.250 e. The normalized spacial score (nSPS) is 15.1. The Kier molecular flexibility index (Phi) is 5.76. The molecular formula is C21H26N2O3. The zero-order valence-corrected chi connectivity index (χ0v) is 15.5. The van der Waals surface area contributed by atoms with Gasteiger partial charge >= 0.3 is 0 Å². The van der Waals surface area contributed by atoms with E-state index in [0.29, 0.717) is 12.3 Å². The molecule has 1 amide bonds. The van der Waals surface area contributed by atoms with Gasteiger partial charge in [-0.05, 0) is 54.5 Å². The summed E-state index contributed by atoms with van der Waals surface area (Å²) in [5.41, 5.74) is 2.24. The van der Waals surface area contributed by atoms with Crippen LogP contribution in [0.2, 0.25) is 0 Å².